The normalized spacial score (nSPS) is 12.0. The molecule has 0 saturated heterocycles. The van der Waals surface area contributed by atoms with Gasteiger partial charge in [0.1, 0.15) is 0 Å². The van der Waals surface area contributed by atoms with E-state index >= 15 is 0 Å². The van der Waals surface area contributed by atoms with E-state index in [1.165, 1.54) is 30.6 Å². The van der Waals surface area contributed by atoms with Crippen LogP contribution < -0.4 is 10.5 Å². The molecule has 120 valence electrons. The number of hydrogen-bond donors (Lipinski definition) is 2. The zero-order chi connectivity index (χ0) is 17.0. The molecule has 1 unspecified atom stereocenters. The average Bonchev–Trinajstić information content (AvgIpc) is 2.55. The number of pyridine rings is 1. The van der Waals surface area contributed by atoms with Crippen molar-refractivity contribution in [2.24, 2.45) is 11.7 Å². The van der Waals surface area contributed by atoms with Crippen molar-refractivity contribution in [2.75, 3.05) is 0 Å². The SMILES string of the molecule is CC(C)C(N)C(=O)c1ccc(OC(=O)c2cccnc2)c(O)c1. The van der Waals surface area contributed by atoms with Gasteiger partial charge in [-0.05, 0) is 36.2 Å². The molecule has 0 amide bonds. The summed E-state index contributed by atoms with van der Waals surface area (Å²) in [5, 5.41) is 9.97. The van der Waals surface area contributed by atoms with E-state index in [-0.39, 0.29) is 34.3 Å². The van der Waals surface area contributed by atoms with E-state index in [0.717, 1.165) is 0 Å². The Morgan fingerprint density at radius 3 is 2.52 bits per heavy atom. The highest BCUT2D eigenvalue weighted by molar-refractivity contribution is 6.00. The lowest BCUT2D eigenvalue weighted by molar-refractivity contribution is 0.0729. The number of aromatic hydroxyl groups is 1. The summed E-state index contributed by atoms with van der Waals surface area (Å²) in [7, 11) is 0. The minimum Gasteiger partial charge on any atom is -0.504 e. The van der Waals surface area contributed by atoms with E-state index < -0.39 is 12.0 Å². The van der Waals surface area contributed by atoms with E-state index in [9.17, 15) is 14.7 Å². The Morgan fingerprint density at radius 1 is 1.22 bits per heavy atom. The Bertz CT molecular complexity index is 714. The van der Waals surface area contributed by atoms with Gasteiger partial charge in [0.25, 0.3) is 0 Å². The van der Waals surface area contributed by atoms with Gasteiger partial charge in [-0.15, -0.1) is 0 Å². The molecular formula is C17H18N2O4. The monoisotopic (exact) mass is 314 g/mol. The zero-order valence-corrected chi connectivity index (χ0v) is 12.9. The van der Waals surface area contributed by atoms with Gasteiger partial charge < -0.3 is 15.6 Å². The number of nitrogens with zero attached hydrogens (tertiary/aromatic N) is 1. The summed E-state index contributed by atoms with van der Waals surface area (Å²) in [6.07, 6.45) is 2.89. The number of ketones is 1. The lowest BCUT2D eigenvalue weighted by Gasteiger charge is -2.15. The number of Topliss-reactive ketones (excluding diaryl/α,β-unsaturated/α-hetero) is 1. The molecule has 2 aromatic rings. The molecule has 6 heteroatoms. The zero-order valence-electron chi connectivity index (χ0n) is 12.9. The number of benzene rings is 1. The van der Waals surface area contributed by atoms with Crippen molar-refractivity contribution in [3.63, 3.8) is 0 Å². The lowest BCUT2D eigenvalue weighted by atomic mass is 9.96. The molecule has 6 nitrogen and oxygen atoms in total. The molecule has 1 aromatic carbocycles. The van der Waals surface area contributed by atoms with Gasteiger partial charge in [-0.25, -0.2) is 4.79 Å². The van der Waals surface area contributed by atoms with Crippen LogP contribution in [-0.2, 0) is 0 Å². The maximum atomic E-state index is 12.1. The highest BCUT2D eigenvalue weighted by Gasteiger charge is 2.21. The maximum Gasteiger partial charge on any atom is 0.345 e. The molecule has 0 aliphatic rings. The summed E-state index contributed by atoms with van der Waals surface area (Å²) in [4.78, 5) is 27.9. The number of nitrogens with two attached hydrogens (primary N) is 1. The first kappa shape index (κ1) is 16.6. The summed E-state index contributed by atoms with van der Waals surface area (Å²) < 4.78 is 5.10. The minimum absolute atomic E-state index is 0.0206. The number of rotatable bonds is 5. The Kier molecular flexibility index (Phi) is 5.08. The third-order valence-corrected chi connectivity index (χ3v) is 3.36. The van der Waals surface area contributed by atoms with Crippen LogP contribution in [0.2, 0.25) is 0 Å². The summed E-state index contributed by atoms with van der Waals surface area (Å²) in [5.41, 5.74) is 6.34. The first-order valence-corrected chi connectivity index (χ1v) is 7.15. The first-order valence-electron chi connectivity index (χ1n) is 7.15. The van der Waals surface area contributed by atoms with Crippen LogP contribution >= 0.6 is 0 Å². The van der Waals surface area contributed by atoms with E-state index in [2.05, 4.69) is 4.98 Å². The second kappa shape index (κ2) is 7.02. The number of aromatic nitrogens is 1. The third-order valence-electron chi connectivity index (χ3n) is 3.36. The number of carbonyl (C=O) groups excluding carboxylic acids is 2. The molecule has 1 aromatic heterocycles. The van der Waals surface area contributed by atoms with Gasteiger partial charge >= 0.3 is 5.97 Å². The molecule has 0 fully saturated rings. The van der Waals surface area contributed by atoms with E-state index in [1.807, 2.05) is 13.8 Å². The van der Waals surface area contributed by atoms with E-state index in [0.29, 0.717) is 0 Å². The molecular weight excluding hydrogens is 296 g/mol. The van der Waals surface area contributed by atoms with Crippen LogP contribution in [0.4, 0.5) is 0 Å². The molecule has 23 heavy (non-hydrogen) atoms. The fourth-order valence-corrected chi connectivity index (χ4v) is 1.89. The average molecular weight is 314 g/mol. The van der Waals surface area contributed by atoms with Gasteiger partial charge in [-0.2, -0.15) is 0 Å². The summed E-state index contributed by atoms with van der Waals surface area (Å²) in [6, 6.07) is 6.58. The largest absolute Gasteiger partial charge is 0.504 e. The van der Waals surface area contributed by atoms with Crippen molar-refractivity contribution in [2.45, 2.75) is 19.9 Å². The van der Waals surface area contributed by atoms with Crippen molar-refractivity contribution < 1.29 is 19.4 Å². The second-order valence-corrected chi connectivity index (χ2v) is 5.45. The standard InChI is InChI=1S/C17H18N2O4/c1-10(2)15(18)16(21)11-5-6-14(13(20)8-11)23-17(22)12-4-3-7-19-9-12/h3-10,15,20H,18H2,1-2H3. The van der Waals surface area contributed by atoms with Crippen molar-refractivity contribution in [1.82, 2.24) is 4.98 Å². The van der Waals surface area contributed by atoms with Crippen LogP contribution in [0.5, 0.6) is 11.5 Å². The smallest absolute Gasteiger partial charge is 0.345 e. The molecule has 0 aliphatic heterocycles. The summed E-state index contributed by atoms with van der Waals surface area (Å²) in [6.45, 7) is 3.68. The predicted molar refractivity (Wildman–Crippen MR) is 84.4 cm³/mol. The van der Waals surface area contributed by atoms with Gasteiger partial charge in [0, 0.05) is 18.0 Å². The van der Waals surface area contributed by atoms with Gasteiger partial charge in [0.15, 0.2) is 17.3 Å². The molecule has 0 radical (unpaired) electrons. The molecule has 2 rings (SSSR count). The van der Waals surface area contributed by atoms with Crippen molar-refractivity contribution in [1.29, 1.82) is 0 Å². The van der Waals surface area contributed by atoms with E-state index in [1.54, 1.807) is 12.1 Å². The van der Waals surface area contributed by atoms with Gasteiger partial charge in [0.05, 0.1) is 11.6 Å². The summed E-state index contributed by atoms with van der Waals surface area (Å²) >= 11 is 0. The fraction of sp³-hybridized carbons (Fsp3) is 0.235. The van der Waals surface area contributed by atoms with Crippen LogP contribution in [-0.4, -0.2) is 27.9 Å². The number of phenolic OH excluding ortho intramolecular Hbond substituents is 1. The van der Waals surface area contributed by atoms with Crippen LogP contribution in [0.25, 0.3) is 0 Å². The molecule has 3 N–H and O–H groups in total. The Morgan fingerprint density at radius 2 is 1.96 bits per heavy atom. The minimum atomic E-state index is -0.654. The molecule has 0 aliphatic carbocycles. The number of ether oxygens (including phenoxy) is 1. The highest BCUT2D eigenvalue weighted by Crippen LogP contribution is 2.28. The molecule has 0 bridgehead atoms. The molecule has 0 spiro atoms. The lowest BCUT2D eigenvalue weighted by Crippen LogP contribution is -2.35. The third kappa shape index (κ3) is 3.92. The van der Waals surface area contributed by atoms with Crippen LogP contribution in [0, 0.1) is 5.92 Å². The van der Waals surface area contributed by atoms with Gasteiger partial charge in [-0.1, -0.05) is 13.8 Å². The van der Waals surface area contributed by atoms with Crippen LogP contribution in [0.15, 0.2) is 42.7 Å². The number of esters is 1. The Hall–Kier alpha value is -2.73. The van der Waals surface area contributed by atoms with Crippen LogP contribution in [0.3, 0.4) is 0 Å². The number of hydrogen-bond acceptors (Lipinski definition) is 6. The number of carbonyl (C=O) groups is 2. The van der Waals surface area contributed by atoms with Gasteiger partial charge in [-0.3, -0.25) is 9.78 Å². The molecule has 1 atom stereocenters. The summed E-state index contributed by atoms with van der Waals surface area (Å²) in [5.74, 6) is -1.28. The second-order valence-electron chi connectivity index (χ2n) is 5.45. The fourth-order valence-electron chi connectivity index (χ4n) is 1.89. The molecule has 1 heterocycles. The number of phenols is 1. The van der Waals surface area contributed by atoms with E-state index in [4.69, 9.17) is 10.5 Å². The Balaban J connectivity index is 2.17. The van der Waals surface area contributed by atoms with Crippen molar-refractivity contribution >= 4 is 11.8 Å². The topological polar surface area (TPSA) is 103 Å². The first-order chi connectivity index (χ1) is 10.9. The van der Waals surface area contributed by atoms with Crippen molar-refractivity contribution in [3.05, 3.63) is 53.9 Å². The maximum absolute atomic E-state index is 12.1. The van der Waals surface area contributed by atoms with Crippen molar-refractivity contribution in [3.8, 4) is 11.5 Å². The highest BCUT2D eigenvalue weighted by atomic mass is 16.5. The Labute approximate surface area is 133 Å². The predicted octanol–water partition coefficient (Wildman–Crippen LogP) is 2.17. The van der Waals surface area contributed by atoms with Gasteiger partial charge in [0.2, 0.25) is 0 Å². The van der Waals surface area contributed by atoms with Crippen LogP contribution in [0.1, 0.15) is 34.6 Å². The molecule has 0 saturated carbocycles. The quantitative estimate of drug-likeness (QED) is 0.498.